The molecule has 3 amide bonds. The van der Waals surface area contributed by atoms with Crippen LogP contribution < -0.4 is 16.0 Å². The first-order valence-electron chi connectivity index (χ1n) is 11.8. The standard InChI is InChI=1S/C23H30ClN7O3S2/c1-30(2)23(34)12-4-6-14(27-21(35)19(32)29-18-7-5-13(24)9-25-18)15(8-12)26-20(33)22-28-16-10-31(3)11-17(16)36-22/h5,7,9,12,14-17H,4,6,8,10-11H2,1-3H3,(H,26,33)(H,27,35)(H,25,29,32)/t12-,14-,15+,16?,17?/m0/s1. The van der Waals surface area contributed by atoms with Gasteiger partial charge >= 0.3 is 0 Å². The molecule has 4 rings (SSSR count). The number of amides is 3. The van der Waals surface area contributed by atoms with E-state index in [-0.39, 0.29) is 40.1 Å². The molecule has 0 radical (unpaired) electrons. The van der Waals surface area contributed by atoms with Crippen LogP contribution in [0.4, 0.5) is 5.82 Å². The highest BCUT2D eigenvalue weighted by atomic mass is 35.5. The molecule has 2 aliphatic heterocycles. The van der Waals surface area contributed by atoms with Crippen LogP contribution in [0.25, 0.3) is 0 Å². The van der Waals surface area contributed by atoms with Crippen molar-refractivity contribution >= 4 is 69.2 Å². The molecule has 194 valence electrons. The van der Waals surface area contributed by atoms with E-state index in [1.807, 2.05) is 0 Å². The summed E-state index contributed by atoms with van der Waals surface area (Å²) >= 11 is 12.7. The smallest absolute Gasteiger partial charge is 0.284 e. The zero-order valence-corrected chi connectivity index (χ0v) is 22.8. The van der Waals surface area contributed by atoms with E-state index in [9.17, 15) is 14.4 Å². The molecular formula is C23H30ClN7O3S2. The van der Waals surface area contributed by atoms with Crippen LogP contribution in [0, 0.1) is 5.92 Å². The van der Waals surface area contributed by atoms with Gasteiger partial charge in [-0.2, -0.15) is 0 Å². The van der Waals surface area contributed by atoms with E-state index < -0.39 is 11.9 Å². The fraction of sp³-hybridized carbons (Fsp3) is 0.565. The van der Waals surface area contributed by atoms with Crippen molar-refractivity contribution in [3.63, 3.8) is 0 Å². The number of carbonyl (C=O) groups is 3. The van der Waals surface area contributed by atoms with Crippen LogP contribution in [0.5, 0.6) is 0 Å². The molecule has 1 aromatic rings. The van der Waals surface area contributed by atoms with Gasteiger partial charge in [0.25, 0.3) is 11.8 Å². The van der Waals surface area contributed by atoms with Crippen molar-refractivity contribution in [3.8, 4) is 0 Å². The zero-order chi connectivity index (χ0) is 26.0. The SMILES string of the molecule is CN1CC2N=C(C(=O)N[C@@H]3C[C@@H](C(=O)N(C)C)CC[C@@H]3NC(=S)C(=O)Nc3ccc(Cl)cn3)SC2C1. The summed E-state index contributed by atoms with van der Waals surface area (Å²) < 4.78 is 0. The number of aromatic nitrogens is 1. The summed E-state index contributed by atoms with van der Waals surface area (Å²) in [4.78, 5) is 50.9. The molecule has 0 bridgehead atoms. The molecule has 3 heterocycles. The van der Waals surface area contributed by atoms with E-state index >= 15 is 0 Å². The summed E-state index contributed by atoms with van der Waals surface area (Å²) in [6, 6.07) is 2.62. The van der Waals surface area contributed by atoms with E-state index in [2.05, 4.69) is 37.9 Å². The normalized spacial score (nSPS) is 27.6. The largest absolute Gasteiger partial charge is 0.367 e. The van der Waals surface area contributed by atoms with Gasteiger partial charge in [0, 0.05) is 50.6 Å². The molecule has 3 N–H and O–H groups in total. The summed E-state index contributed by atoms with van der Waals surface area (Å²) in [5.74, 6) is -0.634. The molecule has 0 spiro atoms. The number of thiocarbonyl (C=S) groups is 1. The Labute approximate surface area is 225 Å². The maximum atomic E-state index is 13.1. The van der Waals surface area contributed by atoms with Crippen LogP contribution in [0.1, 0.15) is 19.3 Å². The van der Waals surface area contributed by atoms with Crippen molar-refractivity contribution in [1.29, 1.82) is 0 Å². The second kappa shape index (κ2) is 11.4. The van der Waals surface area contributed by atoms with Crippen LogP contribution in [-0.2, 0) is 14.4 Å². The number of halogens is 1. The maximum absolute atomic E-state index is 13.1. The molecule has 2 unspecified atom stereocenters. The average molecular weight is 552 g/mol. The van der Waals surface area contributed by atoms with Crippen LogP contribution in [0.2, 0.25) is 5.02 Å². The number of likely N-dealkylation sites (N-methyl/N-ethyl adjacent to an activating group) is 1. The van der Waals surface area contributed by atoms with Gasteiger partial charge in [0.2, 0.25) is 5.91 Å². The van der Waals surface area contributed by atoms with Crippen LogP contribution in [-0.4, -0.2) is 100 Å². The Hall–Kier alpha value is -2.28. The minimum absolute atomic E-state index is 0.0152. The highest BCUT2D eigenvalue weighted by Gasteiger charge is 2.41. The predicted octanol–water partition coefficient (Wildman–Crippen LogP) is 1.16. The lowest BCUT2D eigenvalue weighted by molar-refractivity contribution is -0.134. The molecule has 5 atom stereocenters. The number of anilines is 1. The van der Waals surface area contributed by atoms with Crippen molar-refractivity contribution in [2.45, 2.75) is 42.6 Å². The van der Waals surface area contributed by atoms with Crippen molar-refractivity contribution in [1.82, 2.24) is 25.4 Å². The second-order valence-corrected chi connectivity index (χ2v) is 11.7. The number of hydrogen-bond donors (Lipinski definition) is 3. The first-order valence-corrected chi connectivity index (χ1v) is 13.5. The molecule has 0 aromatic carbocycles. The number of nitrogens with zero attached hydrogens (tertiary/aromatic N) is 4. The topological polar surface area (TPSA) is 119 Å². The fourth-order valence-corrected chi connectivity index (χ4v) is 6.39. The quantitative estimate of drug-likeness (QED) is 0.467. The second-order valence-electron chi connectivity index (χ2n) is 9.60. The lowest BCUT2D eigenvalue weighted by atomic mass is 9.81. The minimum atomic E-state index is -0.510. The van der Waals surface area contributed by atoms with Gasteiger partial charge in [-0.3, -0.25) is 19.4 Å². The van der Waals surface area contributed by atoms with Gasteiger partial charge in [0.15, 0.2) is 10.0 Å². The zero-order valence-electron chi connectivity index (χ0n) is 20.4. The van der Waals surface area contributed by atoms with Gasteiger partial charge in [0.05, 0.1) is 17.1 Å². The number of nitrogens with one attached hydrogen (secondary N) is 3. The number of fused-ring (bicyclic) bond motifs is 1. The molecule has 1 saturated heterocycles. The number of likely N-dealkylation sites (tertiary alicyclic amines) is 1. The van der Waals surface area contributed by atoms with Crippen LogP contribution in [0.15, 0.2) is 23.3 Å². The van der Waals surface area contributed by atoms with Gasteiger partial charge in [-0.25, -0.2) is 4.98 Å². The Morgan fingerprint density at radius 3 is 2.61 bits per heavy atom. The highest BCUT2D eigenvalue weighted by Crippen LogP contribution is 2.33. The third kappa shape index (κ3) is 6.34. The van der Waals surface area contributed by atoms with E-state index in [0.717, 1.165) is 13.1 Å². The maximum Gasteiger partial charge on any atom is 0.284 e. The average Bonchev–Trinajstić information content (AvgIpc) is 3.38. The molecule has 2 fully saturated rings. The molecular weight excluding hydrogens is 522 g/mol. The number of rotatable bonds is 5. The summed E-state index contributed by atoms with van der Waals surface area (Å²) in [5.41, 5.74) is 0. The number of pyridine rings is 1. The van der Waals surface area contributed by atoms with Crippen molar-refractivity contribution in [3.05, 3.63) is 23.4 Å². The number of aliphatic imine (C=N–C) groups is 1. The first-order chi connectivity index (χ1) is 17.1. The van der Waals surface area contributed by atoms with Gasteiger partial charge in [-0.15, -0.1) is 0 Å². The summed E-state index contributed by atoms with van der Waals surface area (Å²) in [6.45, 7) is 1.74. The molecule has 10 nitrogen and oxygen atoms in total. The van der Waals surface area contributed by atoms with Gasteiger partial charge in [-0.05, 0) is 38.4 Å². The van der Waals surface area contributed by atoms with Gasteiger partial charge < -0.3 is 25.8 Å². The van der Waals surface area contributed by atoms with E-state index in [1.165, 1.54) is 18.0 Å². The molecule has 3 aliphatic rings. The monoisotopic (exact) mass is 551 g/mol. The lowest BCUT2D eigenvalue weighted by Gasteiger charge is -2.37. The molecule has 13 heteroatoms. The fourth-order valence-electron chi connectivity index (χ4n) is 4.80. The first kappa shape index (κ1) is 26.8. The lowest BCUT2D eigenvalue weighted by Crippen LogP contribution is -2.57. The van der Waals surface area contributed by atoms with Crippen molar-refractivity contribution in [2.75, 3.05) is 39.5 Å². The Balaban J connectivity index is 1.42. The predicted molar refractivity (Wildman–Crippen MR) is 145 cm³/mol. The minimum Gasteiger partial charge on any atom is -0.367 e. The summed E-state index contributed by atoms with van der Waals surface area (Å²) in [6.07, 6.45) is 3.06. The Morgan fingerprint density at radius 1 is 1.17 bits per heavy atom. The number of thioether (sulfide) groups is 1. The van der Waals surface area contributed by atoms with E-state index in [0.29, 0.717) is 35.1 Å². The van der Waals surface area contributed by atoms with Crippen molar-refractivity contribution < 1.29 is 14.4 Å². The Morgan fingerprint density at radius 2 is 1.94 bits per heavy atom. The van der Waals surface area contributed by atoms with Gasteiger partial charge in [-0.1, -0.05) is 35.6 Å². The van der Waals surface area contributed by atoms with Crippen molar-refractivity contribution in [2.24, 2.45) is 10.9 Å². The van der Waals surface area contributed by atoms with Gasteiger partial charge in [0.1, 0.15) is 5.82 Å². The summed E-state index contributed by atoms with van der Waals surface area (Å²) in [7, 11) is 5.50. The third-order valence-corrected chi connectivity index (χ3v) is 8.42. The molecule has 36 heavy (non-hydrogen) atoms. The molecule has 1 aliphatic carbocycles. The third-order valence-electron chi connectivity index (χ3n) is 6.61. The highest BCUT2D eigenvalue weighted by molar-refractivity contribution is 8.16. The number of carbonyl (C=O) groups excluding carboxylic acids is 3. The van der Waals surface area contributed by atoms with Crippen LogP contribution >= 0.6 is 35.6 Å². The molecule has 1 aromatic heterocycles. The van der Waals surface area contributed by atoms with Crippen LogP contribution in [0.3, 0.4) is 0 Å². The summed E-state index contributed by atoms with van der Waals surface area (Å²) in [5, 5.41) is 10.0. The van der Waals surface area contributed by atoms with E-state index in [4.69, 9.17) is 23.8 Å². The Kier molecular flexibility index (Phi) is 8.48. The molecule has 1 saturated carbocycles. The Bertz CT molecular complexity index is 1070. The number of hydrogen-bond acceptors (Lipinski definition) is 8. The van der Waals surface area contributed by atoms with E-state index in [1.54, 1.807) is 31.1 Å².